The van der Waals surface area contributed by atoms with Crippen molar-refractivity contribution in [3.05, 3.63) is 30.3 Å². The van der Waals surface area contributed by atoms with Crippen LogP contribution in [-0.4, -0.2) is 14.2 Å². The molecule has 0 aliphatic rings. The summed E-state index contributed by atoms with van der Waals surface area (Å²) >= 11 is 0. The van der Waals surface area contributed by atoms with Crippen LogP contribution < -0.4 is 4.18 Å². The lowest BCUT2D eigenvalue weighted by atomic mass is 10.1. The third kappa shape index (κ3) is 8.59. The maximum atomic E-state index is 11.7. The number of rotatable bonds is 9. The van der Waals surface area contributed by atoms with Gasteiger partial charge in [-0.2, -0.15) is 8.42 Å². The van der Waals surface area contributed by atoms with E-state index in [0.29, 0.717) is 12.2 Å². The van der Waals surface area contributed by atoms with Gasteiger partial charge in [-0.15, -0.1) is 0 Å². The summed E-state index contributed by atoms with van der Waals surface area (Å²) in [5, 5.41) is 0. The van der Waals surface area contributed by atoms with Crippen LogP contribution in [0, 0.1) is 0 Å². The maximum Gasteiger partial charge on any atom is 0.309 e. The fourth-order valence-electron chi connectivity index (χ4n) is 1.72. The van der Waals surface area contributed by atoms with Crippen LogP contribution in [0.25, 0.3) is 0 Å². The molecule has 0 unspecified atom stereocenters. The molecule has 1 rings (SSSR count). The highest BCUT2D eigenvalue weighted by atomic mass is 32.2. The Morgan fingerprint density at radius 2 is 1.53 bits per heavy atom. The van der Waals surface area contributed by atoms with E-state index < -0.39 is 10.1 Å². The molecule has 5 heteroatoms. The molecule has 1 aromatic carbocycles. The largest absolute Gasteiger partial charge is 0.382 e. The summed E-state index contributed by atoms with van der Waals surface area (Å²) in [6.07, 6.45) is 6.36. The van der Waals surface area contributed by atoms with Crippen LogP contribution >= 0.6 is 0 Å². The van der Waals surface area contributed by atoms with E-state index in [-0.39, 0.29) is 10.5 Å². The Kier molecular flexibility index (Phi) is 9.21. The van der Waals surface area contributed by atoms with Crippen molar-refractivity contribution in [2.75, 3.05) is 5.75 Å². The zero-order chi connectivity index (χ0) is 13.3. The van der Waals surface area contributed by atoms with E-state index in [1.54, 1.807) is 24.3 Å². The molecule has 19 heavy (non-hydrogen) atoms. The van der Waals surface area contributed by atoms with Gasteiger partial charge in [0.25, 0.3) is 0 Å². The average molecular weight is 290 g/mol. The molecule has 0 N–H and O–H groups in total. The van der Waals surface area contributed by atoms with E-state index >= 15 is 0 Å². The second-order valence-electron chi connectivity index (χ2n) is 4.43. The lowest BCUT2D eigenvalue weighted by Gasteiger charge is -2.06. The highest BCUT2D eigenvalue weighted by molar-refractivity contribution is 7.87. The molecule has 0 atom stereocenters. The first-order valence-electron chi connectivity index (χ1n) is 6.61. The molecule has 0 aliphatic heterocycles. The van der Waals surface area contributed by atoms with Crippen LogP contribution in [0.15, 0.2) is 30.3 Å². The molecule has 0 bridgehead atoms. The van der Waals surface area contributed by atoms with Gasteiger partial charge in [0.1, 0.15) is 5.75 Å². The standard InChI is InChI=1S/C14H22O3S.FH/c1-2-3-4-5-6-10-13-18(15,16)17-14-11-8-7-9-12-14;/h7-9,11-12H,2-6,10,13H2,1H3;1H. The van der Waals surface area contributed by atoms with E-state index in [2.05, 4.69) is 6.92 Å². The fraction of sp³-hybridized carbons (Fsp3) is 0.571. The second-order valence-corrected chi connectivity index (χ2v) is 6.12. The summed E-state index contributed by atoms with van der Waals surface area (Å²) in [5.74, 6) is 0.497. The molecular formula is C14H23FO3S. The molecule has 0 amide bonds. The van der Waals surface area contributed by atoms with Gasteiger partial charge in [-0.05, 0) is 18.6 Å². The predicted octanol–water partition coefficient (Wildman–Crippen LogP) is 3.91. The number of benzene rings is 1. The van der Waals surface area contributed by atoms with Crippen molar-refractivity contribution in [2.24, 2.45) is 0 Å². The lowest BCUT2D eigenvalue weighted by molar-refractivity contribution is 0.481. The highest BCUT2D eigenvalue weighted by Gasteiger charge is 2.11. The Labute approximate surface area is 115 Å². The van der Waals surface area contributed by atoms with Gasteiger partial charge in [0.05, 0.1) is 5.75 Å². The molecule has 0 saturated heterocycles. The van der Waals surface area contributed by atoms with Crippen LogP contribution in [0.1, 0.15) is 45.4 Å². The van der Waals surface area contributed by atoms with Gasteiger partial charge in [0, 0.05) is 0 Å². The first-order valence-corrected chi connectivity index (χ1v) is 8.19. The van der Waals surface area contributed by atoms with Gasteiger partial charge < -0.3 is 4.18 Å². The Bertz CT molecular complexity index is 418. The minimum Gasteiger partial charge on any atom is -0.382 e. The average Bonchev–Trinajstić information content (AvgIpc) is 2.34. The SMILES string of the molecule is CCCCCCCCS(=O)(=O)Oc1ccccc1.F. The van der Waals surface area contributed by atoms with Gasteiger partial charge in [0.2, 0.25) is 0 Å². The summed E-state index contributed by atoms with van der Waals surface area (Å²) in [4.78, 5) is 0. The van der Waals surface area contributed by atoms with E-state index in [4.69, 9.17) is 4.18 Å². The van der Waals surface area contributed by atoms with Gasteiger partial charge in [-0.1, -0.05) is 57.2 Å². The normalized spacial score (nSPS) is 10.8. The Morgan fingerprint density at radius 1 is 0.947 bits per heavy atom. The highest BCUT2D eigenvalue weighted by Crippen LogP contribution is 2.13. The first-order chi connectivity index (χ1) is 8.64. The number of hydrogen-bond donors (Lipinski definition) is 0. The van der Waals surface area contributed by atoms with Crippen LogP contribution in [0.4, 0.5) is 4.70 Å². The summed E-state index contributed by atoms with van der Waals surface area (Å²) in [5.41, 5.74) is 0. The zero-order valence-electron chi connectivity index (χ0n) is 11.4. The van der Waals surface area contributed by atoms with Crippen molar-refractivity contribution < 1.29 is 17.3 Å². The summed E-state index contributed by atoms with van der Waals surface area (Å²) in [6.45, 7) is 2.16. The van der Waals surface area contributed by atoms with E-state index in [9.17, 15) is 8.42 Å². The van der Waals surface area contributed by atoms with Crippen molar-refractivity contribution in [1.29, 1.82) is 0 Å². The maximum absolute atomic E-state index is 11.7. The molecule has 0 aliphatic carbocycles. The summed E-state index contributed by atoms with van der Waals surface area (Å²) < 4.78 is 28.3. The van der Waals surface area contributed by atoms with Gasteiger partial charge in [-0.25, -0.2) is 0 Å². The minimum absolute atomic E-state index is 0. The smallest absolute Gasteiger partial charge is 0.309 e. The number of halogens is 1. The van der Waals surface area contributed by atoms with Gasteiger partial charge in [-0.3, -0.25) is 4.70 Å². The molecular weight excluding hydrogens is 267 g/mol. The van der Waals surface area contributed by atoms with Crippen LogP contribution in [0.2, 0.25) is 0 Å². The molecule has 1 aromatic rings. The van der Waals surface area contributed by atoms with Gasteiger partial charge in [0.15, 0.2) is 0 Å². The zero-order valence-corrected chi connectivity index (χ0v) is 12.2. The van der Waals surface area contributed by atoms with Crippen molar-refractivity contribution in [1.82, 2.24) is 0 Å². The predicted molar refractivity (Wildman–Crippen MR) is 76.7 cm³/mol. The van der Waals surface area contributed by atoms with Crippen LogP contribution in [-0.2, 0) is 10.1 Å². The minimum atomic E-state index is -3.43. The van der Waals surface area contributed by atoms with Crippen molar-refractivity contribution in [3.8, 4) is 5.75 Å². The van der Waals surface area contributed by atoms with E-state index in [1.807, 2.05) is 6.07 Å². The third-order valence-electron chi connectivity index (χ3n) is 2.71. The Morgan fingerprint density at radius 3 is 2.16 bits per heavy atom. The van der Waals surface area contributed by atoms with Gasteiger partial charge >= 0.3 is 10.1 Å². The van der Waals surface area contributed by atoms with Crippen molar-refractivity contribution in [3.63, 3.8) is 0 Å². The van der Waals surface area contributed by atoms with Crippen molar-refractivity contribution >= 4 is 10.1 Å². The topological polar surface area (TPSA) is 43.4 Å². The van der Waals surface area contributed by atoms with Crippen LogP contribution in [0.3, 0.4) is 0 Å². The monoisotopic (exact) mass is 290 g/mol. The molecule has 0 fully saturated rings. The summed E-state index contributed by atoms with van der Waals surface area (Å²) in [6, 6.07) is 8.65. The summed E-state index contributed by atoms with van der Waals surface area (Å²) in [7, 11) is -3.43. The molecule has 0 aromatic heterocycles. The number of unbranched alkanes of at least 4 members (excludes halogenated alkanes) is 5. The van der Waals surface area contributed by atoms with Crippen LogP contribution in [0.5, 0.6) is 5.75 Å². The fourth-order valence-corrected chi connectivity index (χ4v) is 2.77. The van der Waals surface area contributed by atoms with E-state index in [1.165, 1.54) is 19.3 Å². The first kappa shape index (κ1) is 17.9. The Balaban J connectivity index is 0.00000324. The lowest BCUT2D eigenvalue weighted by Crippen LogP contribution is -2.13. The second kappa shape index (κ2) is 9.78. The molecule has 3 nitrogen and oxygen atoms in total. The molecule has 110 valence electrons. The number of hydrogen-bond acceptors (Lipinski definition) is 3. The van der Waals surface area contributed by atoms with Crippen molar-refractivity contribution in [2.45, 2.75) is 45.4 Å². The molecule has 0 heterocycles. The quantitative estimate of drug-likeness (QED) is 0.511. The van der Waals surface area contributed by atoms with E-state index in [0.717, 1.165) is 12.8 Å². The molecule has 0 radical (unpaired) electrons. The Hall–Kier alpha value is -1.10. The third-order valence-corrected chi connectivity index (χ3v) is 3.95. The molecule has 0 spiro atoms. The molecule has 0 saturated carbocycles. The number of para-hydroxylation sites is 1.